The van der Waals surface area contributed by atoms with E-state index in [9.17, 15) is 17.6 Å². The maximum atomic E-state index is 13.4. The number of hydrogen-bond acceptors (Lipinski definition) is 6. The molecule has 4 aromatic rings. The third-order valence-corrected chi connectivity index (χ3v) is 6.75. The van der Waals surface area contributed by atoms with Crippen molar-refractivity contribution in [3.8, 4) is 10.6 Å². The van der Waals surface area contributed by atoms with Gasteiger partial charge in [-0.2, -0.15) is 0 Å². The third kappa shape index (κ3) is 5.47. The van der Waals surface area contributed by atoms with E-state index in [1.165, 1.54) is 41.9 Å². The summed E-state index contributed by atoms with van der Waals surface area (Å²) < 4.78 is 46.0. The normalized spacial score (nSPS) is 11.4. The number of aromatic nitrogens is 1. The van der Waals surface area contributed by atoms with Crippen molar-refractivity contribution in [2.24, 2.45) is 0 Å². The molecular weight excluding hydrogens is 453 g/mol. The first kappa shape index (κ1) is 21.9. The number of nitrogens with one attached hydrogen (secondary N) is 2. The van der Waals surface area contributed by atoms with Crippen LogP contribution < -0.4 is 10.0 Å². The van der Waals surface area contributed by atoms with Crippen molar-refractivity contribution < 1.29 is 22.0 Å². The highest BCUT2D eigenvalue weighted by Crippen LogP contribution is 2.24. The van der Waals surface area contributed by atoms with Crippen molar-refractivity contribution in [2.75, 3.05) is 5.32 Å². The van der Waals surface area contributed by atoms with Crippen LogP contribution in [0.3, 0.4) is 0 Å². The predicted molar refractivity (Wildman–Crippen MR) is 119 cm³/mol. The van der Waals surface area contributed by atoms with Crippen molar-refractivity contribution in [1.29, 1.82) is 0 Å². The molecule has 2 aromatic carbocycles. The number of furan rings is 1. The predicted octanol–water partition coefficient (Wildman–Crippen LogP) is 4.20. The minimum atomic E-state index is -3.79. The number of carbonyl (C=O) groups excluding carboxylic acids is 1. The van der Waals surface area contributed by atoms with Crippen LogP contribution in [0.25, 0.3) is 10.6 Å². The molecule has 0 saturated carbocycles. The maximum Gasteiger partial charge on any atom is 0.241 e. The number of carbonyl (C=O) groups is 1. The van der Waals surface area contributed by atoms with E-state index < -0.39 is 10.0 Å². The number of anilines is 1. The lowest BCUT2D eigenvalue weighted by Gasteiger charge is -2.08. The quantitative estimate of drug-likeness (QED) is 0.401. The first-order chi connectivity index (χ1) is 15.4. The maximum absolute atomic E-state index is 13.4. The highest BCUT2D eigenvalue weighted by atomic mass is 32.2. The van der Waals surface area contributed by atoms with Gasteiger partial charge in [-0.25, -0.2) is 22.5 Å². The van der Waals surface area contributed by atoms with E-state index in [0.717, 1.165) is 0 Å². The SMILES string of the molecule is O=C(Cc1csc(-c2cccc(F)c2)n1)Nc1cccc(S(=O)(=O)NCc2ccco2)c1. The van der Waals surface area contributed by atoms with Gasteiger partial charge in [0.15, 0.2) is 0 Å². The van der Waals surface area contributed by atoms with Crippen molar-refractivity contribution >= 4 is 33.0 Å². The standard InChI is InChI=1S/C22H18FN3O4S2/c23-16-5-1-4-15(10-16)22-26-18(14-31-22)12-21(27)25-17-6-2-8-20(11-17)32(28,29)24-13-19-7-3-9-30-19/h1-11,14,24H,12-13H2,(H,25,27). The van der Waals surface area contributed by atoms with Crippen molar-refractivity contribution in [3.05, 3.63) is 89.6 Å². The molecule has 0 aliphatic carbocycles. The summed E-state index contributed by atoms with van der Waals surface area (Å²) in [5.74, 6) is -0.219. The number of amides is 1. The van der Waals surface area contributed by atoms with Gasteiger partial charge in [0.25, 0.3) is 0 Å². The van der Waals surface area contributed by atoms with Crippen molar-refractivity contribution in [3.63, 3.8) is 0 Å². The van der Waals surface area contributed by atoms with Gasteiger partial charge >= 0.3 is 0 Å². The van der Waals surface area contributed by atoms with Gasteiger partial charge in [-0.15, -0.1) is 11.3 Å². The highest BCUT2D eigenvalue weighted by Gasteiger charge is 2.16. The topological polar surface area (TPSA) is 101 Å². The van der Waals surface area contributed by atoms with Gasteiger partial charge in [0.2, 0.25) is 15.9 Å². The zero-order valence-corrected chi connectivity index (χ0v) is 18.3. The average molecular weight is 472 g/mol. The van der Waals surface area contributed by atoms with Crippen LogP contribution in [0, 0.1) is 5.82 Å². The van der Waals surface area contributed by atoms with Crippen LogP contribution >= 0.6 is 11.3 Å². The second kappa shape index (κ2) is 9.43. The number of hydrogen-bond donors (Lipinski definition) is 2. The summed E-state index contributed by atoms with van der Waals surface area (Å²) in [6.45, 7) is 0.0173. The molecule has 7 nitrogen and oxygen atoms in total. The molecule has 10 heteroatoms. The molecule has 2 N–H and O–H groups in total. The Balaban J connectivity index is 1.40. The third-order valence-electron chi connectivity index (χ3n) is 4.41. The molecule has 0 spiro atoms. The minimum absolute atomic E-state index is 0.000459. The van der Waals surface area contributed by atoms with Crippen LogP contribution in [0.1, 0.15) is 11.5 Å². The lowest BCUT2D eigenvalue weighted by Crippen LogP contribution is -2.23. The fraction of sp³-hybridized carbons (Fsp3) is 0.0909. The Morgan fingerprint density at radius 2 is 1.94 bits per heavy atom. The monoisotopic (exact) mass is 471 g/mol. The van der Waals surface area contributed by atoms with Gasteiger partial charge in [-0.05, 0) is 42.5 Å². The van der Waals surface area contributed by atoms with E-state index in [-0.39, 0.29) is 29.6 Å². The zero-order chi connectivity index (χ0) is 22.6. The zero-order valence-electron chi connectivity index (χ0n) is 16.6. The second-order valence-corrected chi connectivity index (χ2v) is 9.44. The molecule has 0 fully saturated rings. The second-order valence-electron chi connectivity index (χ2n) is 6.81. The number of benzene rings is 2. The summed E-state index contributed by atoms with van der Waals surface area (Å²) in [7, 11) is -3.79. The first-order valence-corrected chi connectivity index (χ1v) is 11.9. The van der Waals surface area contributed by atoms with Gasteiger partial charge in [-0.3, -0.25) is 4.79 Å². The average Bonchev–Trinajstić information content (AvgIpc) is 3.45. The Labute approximate surface area is 188 Å². The van der Waals surface area contributed by atoms with E-state index in [4.69, 9.17) is 4.42 Å². The number of nitrogens with zero attached hydrogens (tertiary/aromatic N) is 1. The Kier molecular flexibility index (Phi) is 6.45. The van der Waals surface area contributed by atoms with Crippen LogP contribution in [0.2, 0.25) is 0 Å². The summed E-state index contributed by atoms with van der Waals surface area (Å²) >= 11 is 1.32. The lowest BCUT2D eigenvalue weighted by molar-refractivity contribution is -0.115. The molecule has 1 amide bonds. The Morgan fingerprint density at radius 3 is 2.72 bits per heavy atom. The van der Waals surface area contributed by atoms with Gasteiger partial charge in [0.1, 0.15) is 16.6 Å². The molecule has 0 aliphatic heterocycles. The molecule has 164 valence electrons. The number of thiazole rings is 1. The van der Waals surface area contributed by atoms with Gasteiger partial charge < -0.3 is 9.73 Å². The van der Waals surface area contributed by atoms with Crippen LogP contribution in [0.15, 0.2) is 81.6 Å². The van der Waals surface area contributed by atoms with E-state index >= 15 is 0 Å². The Hall–Kier alpha value is -3.34. The fourth-order valence-electron chi connectivity index (χ4n) is 2.92. The molecule has 0 saturated heterocycles. The largest absolute Gasteiger partial charge is 0.468 e. The van der Waals surface area contributed by atoms with Crippen molar-refractivity contribution in [1.82, 2.24) is 9.71 Å². The minimum Gasteiger partial charge on any atom is -0.468 e. The van der Waals surface area contributed by atoms with Gasteiger partial charge in [0.05, 0.1) is 29.8 Å². The molecule has 32 heavy (non-hydrogen) atoms. The Morgan fingerprint density at radius 1 is 1.09 bits per heavy atom. The first-order valence-electron chi connectivity index (χ1n) is 9.51. The summed E-state index contributed by atoms with van der Waals surface area (Å²) in [6, 6.07) is 15.4. The van der Waals surface area contributed by atoms with Gasteiger partial charge in [0, 0.05) is 16.6 Å². The summed E-state index contributed by atoms with van der Waals surface area (Å²) in [6.07, 6.45) is 1.46. The number of sulfonamides is 1. The molecule has 2 aromatic heterocycles. The number of rotatable bonds is 8. The fourth-order valence-corrected chi connectivity index (χ4v) is 4.77. The molecule has 0 radical (unpaired) electrons. The Bertz CT molecular complexity index is 1330. The summed E-state index contributed by atoms with van der Waals surface area (Å²) in [4.78, 5) is 16.8. The van der Waals surface area contributed by atoms with Gasteiger partial charge in [-0.1, -0.05) is 18.2 Å². The lowest BCUT2D eigenvalue weighted by atomic mass is 10.2. The molecule has 0 unspecified atom stereocenters. The van der Waals surface area contributed by atoms with Crippen LogP contribution in [0.5, 0.6) is 0 Å². The molecular formula is C22H18FN3O4S2. The molecule has 2 heterocycles. The van der Waals surface area contributed by atoms with Crippen LogP contribution in [-0.2, 0) is 27.8 Å². The molecule has 0 aliphatic rings. The van der Waals surface area contributed by atoms with Crippen molar-refractivity contribution in [2.45, 2.75) is 17.9 Å². The smallest absolute Gasteiger partial charge is 0.241 e. The van der Waals surface area contributed by atoms with E-state index in [1.54, 1.807) is 41.8 Å². The summed E-state index contributed by atoms with van der Waals surface area (Å²) in [5.41, 5.74) is 1.52. The van der Waals surface area contributed by atoms with Crippen LogP contribution in [0.4, 0.5) is 10.1 Å². The highest BCUT2D eigenvalue weighted by molar-refractivity contribution is 7.89. The number of halogens is 1. The van der Waals surface area contributed by atoms with E-state index in [2.05, 4.69) is 15.0 Å². The molecule has 0 bridgehead atoms. The molecule has 0 atom stereocenters. The summed E-state index contributed by atoms with van der Waals surface area (Å²) in [5, 5.41) is 5.03. The molecule has 4 rings (SSSR count). The van der Waals surface area contributed by atoms with E-state index in [0.29, 0.717) is 27.7 Å². The van der Waals surface area contributed by atoms with E-state index in [1.807, 2.05) is 0 Å². The van der Waals surface area contributed by atoms with Crippen LogP contribution in [-0.4, -0.2) is 19.3 Å².